The molecule has 1 aliphatic carbocycles. The third-order valence-electron chi connectivity index (χ3n) is 5.53. The average molecular weight is 504 g/mol. The highest BCUT2D eigenvalue weighted by atomic mass is 127. The third kappa shape index (κ3) is 6.41. The van der Waals surface area contributed by atoms with E-state index in [-0.39, 0.29) is 29.5 Å². The largest absolute Gasteiger partial charge is 0.356 e. The molecule has 3 rings (SSSR count). The van der Waals surface area contributed by atoms with Crippen LogP contribution in [-0.2, 0) is 6.54 Å². The molecule has 1 aromatic rings. The average Bonchev–Trinajstić information content (AvgIpc) is 2.67. The quantitative estimate of drug-likeness (QED) is 0.288. The van der Waals surface area contributed by atoms with Crippen LogP contribution >= 0.6 is 35.7 Å². The van der Waals surface area contributed by atoms with Gasteiger partial charge in [-0.25, -0.2) is 0 Å². The Hall–Kier alpha value is -0.700. The first kappa shape index (κ1) is 22.6. The van der Waals surface area contributed by atoms with E-state index in [4.69, 9.17) is 0 Å². The highest BCUT2D eigenvalue weighted by Gasteiger charge is 2.38. The van der Waals surface area contributed by atoms with E-state index in [2.05, 4.69) is 27.0 Å². The van der Waals surface area contributed by atoms with Gasteiger partial charge in [-0.15, -0.1) is 24.0 Å². The van der Waals surface area contributed by atoms with Gasteiger partial charge in [0.1, 0.15) is 0 Å². The van der Waals surface area contributed by atoms with Gasteiger partial charge >= 0.3 is 0 Å². The molecule has 1 saturated heterocycles. The van der Waals surface area contributed by atoms with Crippen LogP contribution in [0.4, 0.5) is 0 Å². The Balaban J connectivity index is 0.00000261. The standard InChI is InChI=1S/C20H32N4OS.HI/c1-21-19(22-12-6-8-14-23-13-7-3-9-18(23)25)24-15-16-26-20(17-24)10-4-2-5-11-20;/h3,7,9,13H,2,4-6,8,10-12,14-17H2,1H3,(H,21,22);1H. The maximum atomic E-state index is 11.7. The van der Waals surface area contributed by atoms with Crippen molar-refractivity contribution in [2.24, 2.45) is 4.99 Å². The molecule has 1 spiro atoms. The van der Waals surface area contributed by atoms with Gasteiger partial charge in [-0.3, -0.25) is 9.79 Å². The molecule has 1 N–H and O–H groups in total. The van der Waals surface area contributed by atoms with Crippen molar-refractivity contribution in [2.75, 3.05) is 32.4 Å². The summed E-state index contributed by atoms with van der Waals surface area (Å²) in [6.07, 6.45) is 10.8. The van der Waals surface area contributed by atoms with Crippen molar-refractivity contribution in [1.82, 2.24) is 14.8 Å². The molecular weight excluding hydrogens is 471 g/mol. The van der Waals surface area contributed by atoms with E-state index in [0.29, 0.717) is 4.75 Å². The lowest BCUT2D eigenvalue weighted by Gasteiger charge is -2.45. The fourth-order valence-electron chi connectivity index (χ4n) is 4.11. The Labute approximate surface area is 184 Å². The van der Waals surface area contributed by atoms with Crippen LogP contribution in [0.3, 0.4) is 0 Å². The molecule has 0 bridgehead atoms. The molecule has 27 heavy (non-hydrogen) atoms. The van der Waals surface area contributed by atoms with Gasteiger partial charge in [0.05, 0.1) is 0 Å². The summed E-state index contributed by atoms with van der Waals surface area (Å²) in [6, 6.07) is 5.33. The molecule has 2 heterocycles. The molecule has 0 amide bonds. The number of thioether (sulfide) groups is 1. The van der Waals surface area contributed by atoms with Crippen molar-refractivity contribution in [3.8, 4) is 0 Å². The minimum Gasteiger partial charge on any atom is -0.356 e. The molecule has 1 aliphatic heterocycles. The normalized spacial score (nSPS) is 19.6. The number of halogens is 1. The van der Waals surface area contributed by atoms with Crippen molar-refractivity contribution >= 4 is 41.7 Å². The lowest BCUT2D eigenvalue weighted by atomic mass is 9.87. The van der Waals surface area contributed by atoms with Gasteiger partial charge in [-0.1, -0.05) is 25.3 Å². The molecule has 0 radical (unpaired) electrons. The van der Waals surface area contributed by atoms with Crippen LogP contribution in [-0.4, -0.2) is 52.6 Å². The van der Waals surface area contributed by atoms with E-state index in [0.717, 1.165) is 45.0 Å². The SMILES string of the molecule is CN=C(NCCCCn1ccccc1=O)N1CCSC2(CCCCC2)C1.I. The zero-order valence-electron chi connectivity index (χ0n) is 16.4. The van der Waals surface area contributed by atoms with Gasteiger partial charge in [0.15, 0.2) is 5.96 Å². The molecule has 1 saturated carbocycles. The number of hydrogen-bond acceptors (Lipinski definition) is 3. The second-order valence-corrected chi connectivity index (χ2v) is 8.99. The number of unbranched alkanes of at least 4 members (excludes halogenated alkanes) is 1. The fraction of sp³-hybridized carbons (Fsp3) is 0.700. The second kappa shape index (κ2) is 11.3. The van der Waals surface area contributed by atoms with Gasteiger partial charge in [0.25, 0.3) is 0 Å². The zero-order chi connectivity index (χ0) is 18.2. The van der Waals surface area contributed by atoms with Crippen molar-refractivity contribution in [3.05, 3.63) is 34.7 Å². The summed E-state index contributed by atoms with van der Waals surface area (Å²) in [4.78, 5) is 18.7. The summed E-state index contributed by atoms with van der Waals surface area (Å²) >= 11 is 2.19. The third-order valence-corrected chi connectivity index (χ3v) is 7.07. The summed E-state index contributed by atoms with van der Waals surface area (Å²) in [7, 11) is 1.89. The smallest absolute Gasteiger partial charge is 0.250 e. The topological polar surface area (TPSA) is 49.6 Å². The molecule has 2 aliphatic rings. The van der Waals surface area contributed by atoms with E-state index in [1.807, 2.05) is 19.3 Å². The lowest BCUT2D eigenvalue weighted by Crippen LogP contribution is -2.53. The predicted molar refractivity (Wildman–Crippen MR) is 127 cm³/mol. The van der Waals surface area contributed by atoms with Gasteiger partial charge in [0, 0.05) is 56.0 Å². The van der Waals surface area contributed by atoms with Crippen molar-refractivity contribution < 1.29 is 0 Å². The maximum Gasteiger partial charge on any atom is 0.250 e. The number of aliphatic imine (C=N–C) groups is 1. The zero-order valence-corrected chi connectivity index (χ0v) is 19.5. The molecule has 152 valence electrons. The van der Waals surface area contributed by atoms with Crippen LogP contribution in [0.15, 0.2) is 34.2 Å². The monoisotopic (exact) mass is 504 g/mol. The van der Waals surface area contributed by atoms with Gasteiger partial charge < -0.3 is 14.8 Å². The van der Waals surface area contributed by atoms with Crippen LogP contribution in [0.5, 0.6) is 0 Å². The lowest BCUT2D eigenvalue weighted by molar-refractivity contribution is 0.293. The second-order valence-electron chi connectivity index (χ2n) is 7.43. The predicted octanol–water partition coefficient (Wildman–Crippen LogP) is 3.57. The Bertz CT molecular complexity index is 652. The highest BCUT2D eigenvalue weighted by Crippen LogP contribution is 2.42. The number of rotatable bonds is 5. The Kier molecular flexibility index (Phi) is 9.48. The summed E-state index contributed by atoms with van der Waals surface area (Å²) in [5.74, 6) is 2.25. The molecule has 7 heteroatoms. The number of pyridine rings is 1. The van der Waals surface area contributed by atoms with Crippen LogP contribution in [0.2, 0.25) is 0 Å². The van der Waals surface area contributed by atoms with Crippen LogP contribution < -0.4 is 10.9 Å². The van der Waals surface area contributed by atoms with E-state index in [1.165, 1.54) is 37.9 Å². The van der Waals surface area contributed by atoms with E-state index < -0.39 is 0 Å². The summed E-state index contributed by atoms with van der Waals surface area (Å²) in [5.41, 5.74) is 0.0832. The number of guanidine groups is 1. The van der Waals surface area contributed by atoms with Crippen LogP contribution in [0.25, 0.3) is 0 Å². The minimum absolute atomic E-state index is 0. The molecule has 0 atom stereocenters. The van der Waals surface area contributed by atoms with E-state index in [9.17, 15) is 4.79 Å². The number of hydrogen-bond donors (Lipinski definition) is 1. The Morgan fingerprint density at radius 2 is 2.07 bits per heavy atom. The summed E-state index contributed by atoms with van der Waals surface area (Å²) in [6.45, 7) is 3.91. The van der Waals surface area contributed by atoms with Crippen molar-refractivity contribution in [1.29, 1.82) is 0 Å². The van der Waals surface area contributed by atoms with Gasteiger partial charge in [-0.05, 0) is 31.7 Å². The fourth-order valence-corrected chi connectivity index (χ4v) is 5.68. The molecule has 1 aromatic heterocycles. The Morgan fingerprint density at radius 1 is 1.26 bits per heavy atom. The number of aromatic nitrogens is 1. The number of aryl methyl sites for hydroxylation is 1. The summed E-state index contributed by atoms with van der Waals surface area (Å²) in [5, 5.41) is 3.54. The molecular formula is C20H33IN4OS. The van der Waals surface area contributed by atoms with E-state index >= 15 is 0 Å². The number of nitrogens with zero attached hydrogens (tertiary/aromatic N) is 3. The first-order chi connectivity index (χ1) is 12.7. The van der Waals surface area contributed by atoms with Crippen molar-refractivity contribution in [3.63, 3.8) is 0 Å². The van der Waals surface area contributed by atoms with Crippen molar-refractivity contribution in [2.45, 2.75) is 56.2 Å². The summed E-state index contributed by atoms with van der Waals surface area (Å²) < 4.78 is 2.24. The first-order valence-electron chi connectivity index (χ1n) is 9.97. The molecule has 0 unspecified atom stereocenters. The number of nitrogens with one attached hydrogen (secondary N) is 1. The molecule has 2 fully saturated rings. The molecule has 0 aromatic carbocycles. The Morgan fingerprint density at radius 3 is 2.81 bits per heavy atom. The van der Waals surface area contributed by atoms with Crippen LogP contribution in [0.1, 0.15) is 44.9 Å². The molecule has 5 nitrogen and oxygen atoms in total. The van der Waals surface area contributed by atoms with Crippen LogP contribution in [0, 0.1) is 0 Å². The highest BCUT2D eigenvalue weighted by molar-refractivity contribution is 14.0. The van der Waals surface area contributed by atoms with Gasteiger partial charge in [-0.2, -0.15) is 11.8 Å². The first-order valence-corrected chi connectivity index (χ1v) is 11.0. The minimum atomic E-state index is 0. The maximum absolute atomic E-state index is 11.7. The van der Waals surface area contributed by atoms with E-state index in [1.54, 1.807) is 16.7 Å². The van der Waals surface area contributed by atoms with Gasteiger partial charge in [0.2, 0.25) is 5.56 Å².